The van der Waals surface area contributed by atoms with E-state index in [0.717, 1.165) is 12.1 Å². The minimum Gasteiger partial charge on any atom is -0.378 e. The van der Waals surface area contributed by atoms with Crippen molar-refractivity contribution in [1.29, 1.82) is 0 Å². The minimum atomic E-state index is -0.737. The maximum absolute atomic E-state index is 13.6. The van der Waals surface area contributed by atoms with Gasteiger partial charge in [-0.2, -0.15) is 0 Å². The Morgan fingerprint density at radius 2 is 1.84 bits per heavy atom. The summed E-state index contributed by atoms with van der Waals surface area (Å²) in [6, 6.07) is 6.27. The fourth-order valence-electron chi connectivity index (χ4n) is 1.58. The largest absolute Gasteiger partial charge is 0.378 e. The van der Waals surface area contributed by atoms with Gasteiger partial charge in [0.05, 0.1) is 10.7 Å². The van der Waals surface area contributed by atoms with Gasteiger partial charge in [0.1, 0.15) is 17.5 Å². The summed E-state index contributed by atoms with van der Waals surface area (Å²) in [6.45, 7) is 0.123. The Hall–Kier alpha value is -1.20. The third kappa shape index (κ3) is 3.22. The summed E-state index contributed by atoms with van der Waals surface area (Å²) in [5, 5.41) is 2.73. The predicted octanol–water partition coefficient (Wildman–Crippen LogP) is 5.13. The molecule has 0 spiro atoms. The lowest BCUT2D eigenvalue weighted by atomic mass is 10.2. The fraction of sp³-hybridized carbons (Fsp3) is 0.0769. The van der Waals surface area contributed by atoms with Crippen molar-refractivity contribution in [3.05, 3.63) is 62.8 Å². The molecule has 1 N–H and O–H groups in total. The monoisotopic (exact) mass is 349 g/mol. The Morgan fingerprint density at radius 1 is 1.11 bits per heavy atom. The van der Waals surface area contributed by atoms with Crippen molar-refractivity contribution in [2.75, 3.05) is 5.32 Å². The molecule has 0 atom stereocenters. The lowest BCUT2D eigenvalue weighted by molar-refractivity contribution is 0.583. The van der Waals surface area contributed by atoms with E-state index in [-0.39, 0.29) is 21.7 Å². The van der Waals surface area contributed by atoms with E-state index in [1.807, 2.05) is 0 Å². The van der Waals surface area contributed by atoms with Crippen molar-refractivity contribution in [2.45, 2.75) is 6.54 Å². The highest BCUT2D eigenvalue weighted by atomic mass is 79.9. The van der Waals surface area contributed by atoms with Crippen LogP contribution >= 0.6 is 27.5 Å². The Balaban J connectivity index is 2.22. The zero-order chi connectivity index (χ0) is 14.0. The van der Waals surface area contributed by atoms with Crippen LogP contribution in [-0.4, -0.2) is 0 Å². The summed E-state index contributed by atoms with van der Waals surface area (Å²) in [5.74, 6) is -1.96. The summed E-state index contributed by atoms with van der Waals surface area (Å²) in [7, 11) is 0. The number of halogens is 5. The maximum Gasteiger partial charge on any atom is 0.150 e. The molecule has 1 nitrogen and oxygen atoms in total. The van der Waals surface area contributed by atoms with E-state index < -0.39 is 17.5 Å². The quantitative estimate of drug-likeness (QED) is 0.809. The molecule has 0 unspecified atom stereocenters. The second-order valence-corrected chi connectivity index (χ2v) is 5.04. The molecule has 0 saturated heterocycles. The van der Waals surface area contributed by atoms with Gasteiger partial charge in [-0.3, -0.25) is 0 Å². The molecule has 0 fully saturated rings. The molecule has 0 bridgehead atoms. The molecular weight excluding hydrogens is 343 g/mol. The summed E-state index contributed by atoms with van der Waals surface area (Å²) >= 11 is 8.84. The van der Waals surface area contributed by atoms with Gasteiger partial charge in [-0.05, 0) is 33.6 Å². The van der Waals surface area contributed by atoms with Gasteiger partial charge < -0.3 is 5.32 Å². The van der Waals surface area contributed by atoms with Crippen LogP contribution in [0.15, 0.2) is 34.8 Å². The molecular formula is C13H8BrClF3N. The van der Waals surface area contributed by atoms with Gasteiger partial charge in [0, 0.05) is 17.1 Å². The van der Waals surface area contributed by atoms with Gasteiger partial charge in [-0.1, -0.05) is 23.7 Å². The molecule has 0 aromatic heterocycles. The van der Waals surface area contributed by atoms with Crippen molar-refractivity contribution in [2.24, 2.45) is 0 Å². The molecule has 0 amide bonds. The molecule has 2 rings (SSSR count). The second kappa shape index (κ2) is 5.84. The average Bonchev–Trinajstić information content (AvgIpc) is 2.33. The number of hydrogen-bond donors (Lipinski definition) is 1. The highest BCUT2D eigenvalue weighted by molar-refractivity contribution is 9.10. The van der Waals surface area contributed by atoms with Gasteiger partial charge in [-0.25, -0.2) is 13.2 Å². The Bertz CT molecular complexity index is 596. The van der Waals surface area contributed by atoms with E-state index >= 15 is 0 Å². The molecule has 2 aromatic rings. The van der Waals surface area contributed by atoms with Crippen molar-refractivity contribution >= 4 is 33.2 Å². The molecule has 19 heavy (non-hydrogen) atoms. The summed E-state index contributed by atoms with van der Waals surface area (Å²) in [4.78, 5) is 0. The number of rotatable bonds is 3. The lowest BCUT2D eigenvalue weighted by Crippen LogP contribution is -2.04. The van der Waals surface area contributed by atoms with Crippen LogP contribution in [0.25, 0.3) is 0 Å². The van der Waals surface area contributed by atoms with Crippen molar-refractivity contribution in [1.82, 2.24) is 0 Å². The number of benzene rings is 2. The van der Waals surface area contributed by atoms with Crippen LogP contribution in [-0.2, 0) is 6.54 Å². The van der Waals surface area contributed by atoms with Gasteiger partial charge in [0.15, 0.2) is 0 Å². The number of nitrogens with one attached hydrogen (secondary N) is 1. The van der Waals surface area contributed by atoms with E-state index in [1.54, 1.807) is 6.07 Å². The van der Waals surface area contributed by atoms with Gasteiger partial charge in [0.25, 0.3) is 0 Å². The van der Waals surface area contributed by atoms with Crippen LogP contribution in [0.2, 0.25) is 5.02 Å². The molecule has 0 aliphatic carbocycles. The van der Waals surface area contributed by atoms with Crippen LogP contribution in [0.1, 0.15) is 5.56 Å². The summed E-state index contributed by atoms with van der Waals surface area (Å²) in [6.07, 6.45) is 0. The van der Waals surface area contributed by atoms with E-state index in [4.69, 9.17) is 11.6 Å². The highest BCUT2D eigenvalue weighted by Gasteiger charge is 2.11. The van der Waals surface area contributed by atoms with E-state index in [0.29, 0.717) is 5.56 Å². The molecule has 2 aromatic carbocycles. The van der Waals surface area contributed by atoms with Crippen molar-refractivity contribution in [3.8, 4) is 0 Å². The van der Waals surface area contributed by atoms with Crippen LogP contribution in [0, 0.1) is 17.5 Å². The highest BCUT2D eigenvalue weighted by Crippen LogP contribution is 2.28. The summed E-state index contributed by atoms with van der Waals surface area (Å²) < 4.78 is 39.9. The Kier molecular flexibility index (Phi) is 4.37. The predicted molar refractivity (Wildman–Crippen MR) is 72.8 cm³/mol. The lowest BCUT2D eigenvalue weighted by Gasteiger charge is -2.11. The molecule has 100 valence electrons. The third-order valence-electron chi connectivity index (χ3n) is 2.49. The molecule has 6 heteroatoms. The van der Waals surface area contributed by atoms with Gasteiger partial charge >= 0.3 is 0 Å². The van der Waals surface area contributed by atoms with Crippen LogP contribution < -0.4 is 5.32 Å². The fourth-order valence-corrected chi connectivity index (χ4v) is 2.32. The number of hydrogen-bond acceptors (Lipinski definition) is 1. The SMILES string of the molecule is Fc1cc(F)c(NCc2cccc(F)c2Cl)c(Br)c1. The first-order valence-corrected chi connectivity index (χ1v) is 6.47. The van der Waals surface area contributed by atoms with Crippen molar-refractivity contribution < 1.29 is 13.2 Å². The molecule has 0 aliphatic rings. The third-order valence-corrected chi connectivity index (χ3v) is 3.54. The minimum absolute atomic E-state index is 0.0198. The Morgan fingerprint density at radius 3 is 2.53 bits per heavy atom. The Labute approximate surface area is 121 Å². The zero-order valence-corrected chi connectivity index (χ0v) is 11.8. The zero-order valence-electron chi connectivity index (χ0n) is 9.48. The topological polar surface area (TPSA) is 12.0 Å². The average molecular weight is 351 g/mol. The maximum atomic E-state index is 13.6. The normalized spacial score (nSPS) is 10.6. The first-order valence-electron chi connectivity index (χ1n) is 5.30. The van der Waals surface area contributed by atoms with Gasteiger partial charge in [-0.15, -0.1) is 0 Å². The number of anilines is 1. The van der Waals surface area contributed by atoms with Crippen LogP contribution in [0.4, 0.5) is 18.9 Å². The van der Waals surface area contributed by atoms with Crippen LogP contribution in [0.5, 0.6) is 0 Å². The first kappa shape index (κ1) is 14.2. The van der Waals surface area contributed by atoms with E-state index in [1.165, 1.54) is 12.1 Å². The first-order chi connectivity index (χ1) is 8.99. The molecule has 0 radical (unpaired) electrons. The molecule has 0 heterocycles. The summed E-state index contributed by atoms with van der Waals surface area (Å²) in [5.41, 5.74) is 0.582. The smallest absolute Gasteiger partial charge is 0.150 e. The van der Waals surface area contributed by atoms with Crippen molar-refractivity contribution in [3.63, 3.8) is 0 Å². The van der Waals surface area contributed by atoms with Crippen LogP contribution in [0.3, 0.4) is 0 Å². The van der Waals surface area contributed by atoms with E-state index in [9.17, 15) is 13.2 Å². The van der Waals surface area contributed by atoms with Gasteiger partial charge in [0.2, 0.25) is 0 Å². The van der Waals surface area contributed by atoms with E-state index in [2.05, 4.69) is 21.2 Å². The standard InChI is InChI=1S/C13H8BrClF3N/c14-9-4-8(16)5-11(18)13(9)19-6-7-2-1-3-10(17)12(7)15/h1-5,19H,6H2. The second-order valence-electron chi connectivity index (χ2n) is 3.81. The molecule has 0 aliphatic heterocycles. The molecule has 0 saturated carbocycles.